The number of Topliss-reactive ketones (excluding diaryl/α,β-unsaturated/α-hetero) is 2. The highest BCUT2D eigenvalue weighted by molar-refractivity contribution is 8.00. The number of benzene rings is 1. The van der Waals surface area contributed by atoms with Gasteiger partial charge in [-0.15, -0.1) is 11.8 Å². The van der Waals surface area contributed by atoms with Gasteiger partial charge in [-0.25, -0.2) is 0 Å². The molecule has 2 aromatic rings. The largest absolute Gasteiger partial charge is 0.355 e. The number of nitrogens with one attached hydrogen (secondary N) is 1. The monoisotopic (exact) mass is 301 g/mol. The molecule has 1 N–H and O–H groups in total. The smallest absolute Gasteiger partial charge is 0.192 e. The van der Waals surface area contributed by atoms with E-state index in [1.165, 1.54) is 18.7 Å². The molecule has 1 aromatic heterocycles. The molecule has 3 nitrogen and oxygen atoms in total. The molecule has 0 aliphatic carbocycles. The highest BCUT2D eigenvalue weighted by atomic mass is 32.2. The number of carbonyl (C=O) groups excluding carboxylic acids is 2. The molecule has 0 aliphatic heterocycles. The van der Waals surface area contributed by atoms with E-state index in [0.29, 0.717) is 11.3 Å². The van der Waals surface area contributed by atoms with Crippen LogP contribution in [0.1, 0.15) is 46.0 Å². The maximum absolute atomic E-state index is 12.6. The average Bonchev–Trinajstić information content (AvgIpc) is 2.74. The third-order valence-corrected chi connectivity index (χ3v) is 4.57. The fraction of sp³-hybridized carbons (Fsp3) is 0.294. The zero-order chi connectivity index (χ0) is 15.6. The van der Waals surface area contributed by atoms with Crippen LogP contribution in [0.25, 0.3) is 0 Å². The molecule has 0 saturated carbocycles. The molecule has 0 fully saturated rings. The van der Waals surface area contributed by atoms with E-state index in [1.54, 1.807) is 0 Å². The van der Waals surface area contributed by atoms with Crippen LogP contribution in [0.3, 0.4) is 0 Å². The SMILES string of the molecule is CC(=O)c1c(C)[nH]c(C(=O)[C@@H](C)Sc2ccccc2)c1C. The Labute approximate surface area is 129 Å². The van der Waals surface area contributed by atoms with Crippen LogP contribution in [0.2, 0.25) is 0 Å². The Kier molecular flexibility index (Phi) is 4.68. The number of rotatable bonds is 5. The molecule has 1 aromatic carbocycles. The molecular formula is C17H19NO2S. The van der Waals surface area contributed by atoms with Gasteiger partial charge in [0.25, 0.3) is 0 Å². The number of thioether (sulfide) groups is 1. The maximum Gasteiger partial charge on any atom is 0.192 e. The quantitative estimate of drug-likeness (QED) is 0.665. The highest BCUT2D eigenvalue weighted by Crippen LogP contribution is 2.27. The maximum atomic E-state index is 12.6. The van der Waals surface area contributed by atoms with Crippen molar-refractivity contribution in [3.05, 3.63) is 52.8 Å². The van der Waals surface area contributed by atoms with Crippen molar-refractivity contribution < 1.29 is 9.59 Å². The third-order valence-electron chi connectivity index (χ3n) is 3.46. The molecule has 0 unspecified atom stereocenters. The van der Waals surface area contributed by atoms with Gasteiger partial charge in [0.05, 0.1) is 10.9 Å². The van der Waals surface area contributed by atoms with E-state index in [2.05, 4.69) is 4.98 Å². The molecule has 21 heavy (non-hydrogen) atoms. The molecule has 0 aliphatic rings. The highest BCUT2D eigenvalue weighted by Gasteiger charge is 2.24. The molecule has 0 spiro atoms. The second kappa shape index (κ2) is 6.31. The second-order valence-electron chi connectivity index (χ2n) is 5.12. The van der Waals surface area contributed by atoms with Crippen LogP contribution in [-0.4, -0.2) is 21.8 Å². The summed E-state index contributed by atoms with van der Waals surface area (Å²) in [6, 6.07) is 9.84. The van der Waals surface area contributed by atoms with Crippen molar-refractivity contribution >= 4 is 23.3 Å². The molecule has 0 radical (unpaired) electrons. The fourth-order valence-corrected chi connectivity index (χ4v) is 3.43. The number of hydrogen-bond donors (Lipinski definition) is 1. The Morgan fingerprint density at radius 1 is 1.14 bits per heavy atom. The summed E-state index contributed by atoms with van der Waals surface area (Å²) in [4.78, 5) is 28.4. The van der Waals surface area contributed by atoms with Crippen LogP contribution in [0.15, 0.2) is 35.2 Å². The lowest BCUT2D eigenvalue weighted by atomic mass is 10.0. The van der Waals surface area contributed by atoms with Crippen LogP contribution < -0.4 is 0 Å². The van der Waals surface area contributed by atoms with Gasteiger partial charge in [0, 0.05) is 16.2 Å². The minimum Gasteiger partial charge on any atom is -0.355 e. The third kappa shape index (κ3) is 3.27. The molecular weight excluding hydrogens is 282 g/mol. The van der Waals surface area contributed by atoms with Crippen molar-refractivity contribution in [1.82, 2.24) is 4.98 Å². The van der Waals surface area contributed by atoms with Crippen molar-refractivity contribution in [2.45, 2.75) is 37.8 Å². The van der Waals surface area contributed by atoms with E-state index >= 15 is 0 Å². The van der Waals surface area contributed by atoms with Gasteiger partial charge in [-0.05, 0) is 45.4 Å². The van der Waals surface area contributed by atoms with Crippen LogP contribution in [0.5, 0.6) is 0 Å². The first-order chi connectivity index (χ1) is 9.91. The van der Waals surface area contributed by atoms with Crippen molar-refractivity contribution in [3.63, 3.8) is 0 Å². The van der Waals surface area contributed by atoms with Gasteiger partial charge in [0.1, 0.15) is 0 Å². The number of aryl methyl sites for hydroxylation is 1. The number of aromatic nitrogens is 1. The van der Waals surface area contributed by atoms with Crippen LogP contribution in [-0.2, 0) is 0 Å². The lowest BCUT2D eigenvalue weighted by molar-refractivity contribution is 0.0988. The predicted octanol–water partition coefficient (Wildman–Crippen LogP) is 4.20. The van der Waals surface area contributed by atoms with E-state index < -0.39 is 0 Å². The summed E-state index contributed by atoms with van der Waals surface area (Å²) < 4.78 is 0. The summed E-state index contributed by atoms with van der Waals surface area (Å²) in [5.41, 5.74) is 2.70. The topological polar surface area (TPSA) is 49.9 Å². The second-order valence-corrected chi connectivity index (χ2v) is 6.53. The minimum absolute atomic E-state index is 0.0105. The summed E-state index contributed by atoms with van der Waals surface area (Å²) in [5.74, 6) is 0.0145. The normalized spacial score (nSPS) is 12.2. The number of carbonyl (C=O) groups is 2. The molecule has 1 heterocycles. The number of H-pyrrole nitrogens is 1. The number of aromatic amines is 1. The molecule has 4 heteroatoms. The first-order valence-electron chi connectivity index (χ1n) is 6.87. The van der Waals surface area contributed by atoms with Crippen LogP contribution in [0, 0.1) is 13.8 Å². The van der Waals surface area contributed by atoms with E-state index in [-0.39, 0.29) is 16.8 Å². The van der Waals surface area contributed by atoms with Crippen molar-refractivity contribution in [2.75, 3.05) is 0 Å². The fourth-order valence-electron chi connectivity index (χ4n) is 2.48. The van der Waals surface area contributed by atoms with E-state index in [1.807, 2.05) is 51.1 Å². The first-order valence-corrected chi connectivity index (χ1v) is 7.75. The zero-order valence-corrected chi connectivity index (χ0v) is 13.5. The molecule has 110 valence electrons. The van der Waals surface area contributed by atoms with Crippen molar-refractivity contribution in [3.8, 4) is 0 Å². The van der Waals surface area contributed by atoms with Gasteiger partial charge in [-0.1, -0.05) is 18.2 Å². The van der Waals surface area contributed by atoms with Gasteiger partial charge >= 0.3 is 0 Å². The van der Waals surface area contributed by atoms with Crippen LogP contribution in [0.4, 0.5) is 0 Å². The van der Waals surface area contributed by atoms with E-state index in [4.69, 9.17) is 0 Å². The zero-order valence-electron chi connectivity index (χ0n) is 12.7. The van der Waals surface area contributed by atoms with Crippen molar-refractivity contribution in [2.24, 2.45) is 0 Å². The Hall–Kier alpha value is -1.81. The molecule has 0 bridgehead atoms. The predicted molar refractivity (Wildman–Crippen MR) is 86.4 cm³/mol. The summed E-state index contributed by atoms with van der Waals surface area (Å²) in [7, 11) is 0. The Bertz CT molecular complexity index is 674. The summed E-state index contributed by atoms with van der Waals surface area (Å²) in [6.07, 6.45) is 0. The van der Waals surface area contributed by atoms with Gasteiger partial charge in [-0.2, -0.15) is 0 Å². The molecule has 0 saturated heterocycles. The van der Waals surface area contributed by atoms with Gasteiger partial charge in [-0.3, -0.25) is 9.59 Å². The van der Waals surface area contributed by atoms with E-state index in [0.717, 1.165) is 16.2 Å². The average molecular weight is 301 g/mol. The first kappa shape index (κ1) is 15.6. The lowest BCUT2D eigenvalue weighted by Gasteiger charge is -2.10. The molecule has 2 rings (SSSR count). The van der Waals surface area contributed by atoms with Gasteiger partial charge in [0.15, 0.2) is 11.6 Å². The summed E-state index contributed by atoms with van der Waals surface area (Å²) >= 11 is 1.52. The summed E-state index contributed by atoms with van der Waals surface area (Å²) in [6.45, 7) is 7.07. The van der Waals surface area contributed by atoms with Crippen molar-refractivity contribution in [1.29, 1.82) is 0 Å². The van der Waals surface area contributed by atoms with Gasteiger partial charge in [0.2, 0.25) is 0 Å². The number of ketones is 2. The lowest BCUT2D eigenvalue weighted by Crippen LogP contribution is -2.15. The summed E-state index contributed by atoms with van der Waals surface area (Å²) in [5, 5.41) is -0.205. The molecule has 1 atom stereocenters. The standard InChI is InChI=1S/C17H19NO2S/c1-10-15(12(3)19)11(2)18-16(10)17(20)13(4)21-14-8-6-5-7-9-14/h5-9,13,18H,1-4H3/t13-/m1/s1. The molecule has 0 amide bonds. The Morgan fingerprint density at radius 2 is 1.76 bits per heavy atom. The van der Waals surface area contributed by atoms with E-state index in [9.17, 15) is 9.59 Å². The minimum atomic E-state index is -0.205. The van der Waals surface area contributed by atoms with Gasteiger partial charge < -0.3 is 4.98 Å². The Morgan fingerprint density at radius 3 is 2.29 bits per heavy atom. The number of hydrogen-bond acceptors (Lipinski definition) is 3. The Balaban J connectivity index is 2.24. The van der Waals surface area contributed by atoms with Crippen LogP contribution >= 0.6 is 11.8 Å².